The number of nitrogens with zero attached hydrogens (tertiary/aromatic N) is 3. The molecule has 0 aromatic heterocycles. The molecule has 5 nitrogen and oxygen atoms in total. The van der Waals surface area contributed by atoms with E-state index in [1.807, 2.05) is 24.3 Å². The summed E-state index contributed by atoms with van der Waals surface area (Å²) in [4.78, 5) is 17.7. The van der Waals surface area contributed by atoms with Crippen molar-refractivity contribution in [1.29, 1.82) is 0 Å². The zero-order valence-corrected chi connectivity index (χ0v) is 16.8. The van der Waals surface area contributed by atoms with E-state index in [1.54, 1.807) is 23.2 Å². The third-order valence-electron chi connectivity index (χ3n) is 4.22. The molecule has 8 heteroatoms. The van der Waals surface area contributed by atoms with Crippen LogP contribution in [0.15, 0.2) is 52.6 Å². The van der Waals surface area contributed by atoms with Gasteiger partial charge in [0.05, 0.1) is 5.36 Å². The number of amides is 1. The van der Waals surface area contributed by atoms with Crippen molar-refractivity contribution in [2.24, 2.45) is 10.1 Å². The van der Waals surface area contributed by atoms with Crippen LogP contribution in [0, 0.1) is 0 Å². The van der Waals surface area contributed by atoms with Crippen LogP contribution in [0.3, 0.4) is 0 Å². The average molecular weight is 419 g/mol. The monoisotopic (exact) mass is 418 g/mol. The van der Waals surface area contributed by atoms with Crippen LogP contribution >= 0.6 is 35.0 Å². The van der Waals surface area contributed by atoms with E-state index in [9.17, 15) is 4.79 Å². The molecule has 0 saturated carbocycles. The number of hydrogen-bond acceptors (Lipinski definition) is 5. The molecule has 1 amide bonds. The Kier molecular flexibility index (Phi) is 5.12. The van der Waals surface area contributed by atoms with Crippen LogP contribution in [0.2, 0.25) is 10.0 Å². The highest BCUT2D eigenvalue weighted by Crippen LogP contribution is 2.38. The van der Waals surface area contributed by atoms with Crippen molar-refractivity contribution in [3.05, 3.63) is 68.6 Å². The molecule has 138 valence electrons. The number of fused-ring (bicyclic) bond motifs is 2. The molecule has 2 aromatic carbocycles. The summed E-state index contributed by atoms with van der Waals surface area (Å²) in [5.41, 5.74) is 1.08. The molecule has 1 N–H and O–H groups in total. The van der Waals surface area contributed by atoms with Crippen LogP contribution in [-0.4, -0.2) is 21.8 Å². The molecular formula is C19H16Cl2N4OS. The first-order valence-electron chi connectivity index (χ1n) is 8.53. The predicted molar refractivity (Wildman–Crippen MR) is 110 cm³/mol. The number of nitrogens with one attached hydrogen (secondary N) is 1. The Hall–Kier alpha value is -2.02. The van der Waals surface area contributed by atoms with Crippen LogP contribution < -0.4 is 15.9 Å². The lowest BCUT2D eigenvalue weighted by Gasteiger charge is -2.34. The summed E-state index contributed by atoms with van der Waals surface area (Å²) in [5, 5.41) is 12.1. The maximum absolute atomic E-state index is 12.9. The standard InChI is InChI=1S/C19H16Cl2N4OS/c1-2-10-27-19-23-18(26)16-11-6-3-4-9-14(11)22-17(25(16)24-19)15-12(20)7-5-8-13(15)21/h3-9,17H,2,10H2,1H3,(H,23,24,26)/t17-/m0/s1. The van der Waals surface area contributed by atoms with Crippen molar-refractivity contribution in [1.82, 2.24) is 10.3 Å². The van der Waals surface area contributed by atoms with E-state index in [1.165, 1.54) is 11.8 Å². The van der Waals surface area contributed by atoms with E-state index >= 15 is 0 Å². The van der Waals surface area contributed by atoms with Gasteiger partial charge >= 0.3 is 0 Å². The molecule has 0 bridgehead atoms. The highest BCUT2D eigenvalue weighted by atomic mass is 35.5. The fourth-order valence-electron chi connectivity index (χ4n) is 3.04. The lowest BCUT2D eigenvalue weighted by Crippen LogP contribution is -2.50. The number of carbonyl (C=O) groups is 1. The Morgan fingerprint density at radius 1 is 1.15 bits per heavy atom. The molecule has 0 fully saturated rings. The minimum atomic E-state index is -0.612. The smallest absolute Gasteiger partial charge is 0.276 e. The van der Waals surface area contributed by atoms with Gasteiger partial charge in [-0.2, -0.15) is 0 Å². The molecule has 2 aliphatic heterocycles. The normalized spacial score (nSPS) is 18.3. The van der Waals surface area contributed by atoms with Crippen LogP contribution in [0.5, 0.6) is 0 Å². The number of hydrogen-bond donors (Lipinski definition) is 1. The van der Waals surface area contributed by atoms with Crippen molar-refractivity contribution < 1.29 is 4.79 Å². The Balaban J connectivity index is 1.95. The second-order valence-electron chi connectivity index (χ2n) is 6.06. The van der Waals surface area contributed by atoms with Gasteiger partial charge < -0.3 is 0 Å². The molecule has 4 rings (SSSR count). The predicted octanol–water partition coefficient (Wildman–Crippen LogP) is 3.28. The summed E-state index contributed by atoms with van der Waals surface area (Å²) in [6, 6.07) is 12.8. The molecule has 0 radical (unpaired) electrons. The number of rotatable bonds is 3. The minimum Gasteiger partial charge on any atom is -0.298 e. The largest absolute Gasteiger partial charge is 0.298 e. The van der Waals surface area contributed by atoms with Crippen molar-refractivity contribution >= 4 is 51.7 Å². The molecule has 2 heterocycles. The molecule has 0 spiro atoms. The Morgan fingerprint density at radius 3 is 2.63 bits per heavy atom. The number of amidine groups is 1. The van der Waals surface area contributed by atoms with E-state index in [4.69, 9.17) is 28.2 Å². The molecule has 2 aliphatic rings. The first kappa shape index (κ1) is 18.3. The Bertz CT molecular complexity index is 1050. The fourth-order valence-corrected chi connectivity index (χ4v) is 4.34. The maximum Gasteiger partial charge on any atom is 0.276 e. The number of thioether (sulfide) groups is 1. The summed E-state index contributed by atoms with van der Waals surface area (Å²) in [5.74, 6) is 0.646. The van der Waals surface area contributed by atoms with Gasteiger partial charge in [-0.05, 0) is 24.6 Å². The van der Waals surface area contributed by atoms with E-state index in [0.29, 0.717) is 31.8 Å². The second-order valence-corrected chi connectivity index (χ2v) is 7.95. The first-order chi connectivity index (χ1) is 13.1. The highest BCUT2D eigenvalue weighted by Gasteiger charge is 2.36. The molecule has 2 aromatic rings. The molecule has 0 unspecified atom stereocenters. The molecule has 1 atom stereocenters. The van der Waals surface area contributed by atoms with Gasteiger partial charge in [-0.3, -0.25) is 15.1 Å². The van der Waals surface area contributed by atoms with E-state index in [0.717, 1.165) is 17.4 Å². The Morgan fingerprint density at radius 2 is 1.89 bits per heavy atom. The highest BCUT2D eigenvalue weighted by molar-refractivity contribution is 8.13. The lowest BCUT2D eigenvalue weighted by atomic mass is 10.1. The number of halogens is 2. The number of benzene rings is 2. The third-order valence-corrected chi connectivity index (χ3v) is 5.94. The van der Waals surface area contributed by atoms with Crippen molar-refractivity contribution in [3.63, 3.8) is 0 Å². The zero-order valence-electron chi connectivity index (χ0n) is 14.4. The Labute approximate surface area is 170 Å². The van der Waals surface area contributed by atoms with Crippen molar-refractivity contribution in [2.75, 3.05) is 5.75 Å². The van der Waals surface area contributed by atoms with Gasteiger partial charge in [-0.25, -0.2) is 5.01 Å². The topological polar surface area (TPSA) is 57.1 Å². The molecule has 0 aliphatic carbocycles. The van der Waals surface area contributed by atoms with Crippen molar-refractivity contribution in [2.45, 2.75) is 19.5 Å². The van der Waals surface area contributed by atoms with Gasteiger partial charge in [-0.15, -0.1) is 5.10 Å². The zero-order chi connectivity index (χ0) is 19.0. The SMILES string of the molecule is CCCSC1=NN2C(=c3ccccc3=N[C@@H]2c2c(Cl)cccc2Cl)C(=O)N1. The van der Waals surface area contributed by atoms with Gasteiger partial charge in [0.1, 0.15) is 5.70 Å². The summed E-state index contributed by atoms with van der Waals surface area (Å²) < 4.78 is 0. The number of hydrazone groups is 1. The quantitative estimate of drug-likeness (QED) is 0.831. The van der Waals surface area contributed by atoms with Gasteiger partial charge in [-0.1, -0.05) is 66.2 Å². The molecular weight excluding hydrogens is 403 g/mol. The first-order valence-corrected chi connectivity index (χ1v) is 10.3. The van der Waals surface area contributed by atoms with Gasteiger partial charge in [0.25, 0.3) is 5.91 Å². The minimum absolute atomic E-state index is 0.209. The van der Waals surface area contributed by atoms with Crippen LogP contribution in [0.4, 0.5) is 0 Å². The van der Waals surface area contributed by atoms with E-state index in [2.05, 4.69) is 17.3 Å². The third kappa shape index (κ3) is 3.33. The van der Waals surface area contributed by atoms with Crippen LogP contribution in [0.1, 0.15) is 25.1 Å². The summed E-state index contributed by atoms with van der Waals surface area (Å²) >= 11 is 14.4. The molecule has 27 heavy (non-hydrogen) atoms. The van der Waals surface area contributed by atoms with Crippen LogP contribution in [-0.2, 0) is 4.79 Å². The second kappa shape index (κ2) is 7.54. The van der Waals surface area contributed by atoms with Gasteiger partial charge in [0.15, 0.2) is 11.3 Å². The number of carbonyl (C=O) groups excluding carboxylic acids is 1. The van der Waals surface area contributed by atoms with Gasteiger partial charge in [0.2, 0.25) is 0 Å². The summed E-state index contributed by atoms with van der Waals surface area (Å²) in [7, 11) is 0. The maximum atomic E-state index is 12.9. The van der Waals surface area contributed by atoms with E-state index < -0.39 is 6.17 Å². The number of para-hydroxylation sites is 1. The molecule has 0 saturated heterocycles. The fraction of sp³-hybridized carbons (Fsp3) is 0.211. The summed E-state index contributed by atoms with van der Waals surface area (Å²) in [6.45, 7) is 2.08. The van der Waals surface area contributed by atoms with Gasteiger partial charge in [0, 0.05) is 26.6 Å². The summed E-state index contributed by atoms with van der Waals surface area (Å²) in [6.07, 6.45) is 0.364. The van der Waals surface area contributed by atoms with E-state index in [-0.39, 0.29) is 5.91 Å². The van der Waals surface area contributed by atoms with Crippen LogP contribution in [0.25, 0.3) is 5.70 Å². The lowest BCUT2D eigenvalue weighted by molar-refractivity contribution is -0.116. The average Bonchev–Trinajstić information content (AvgIpc) is 2.66. The van der Waals surface area contributed by atoms with Crippen molar-refractivity contribution in [3.8, 4) is 0 Å².